The molecule has 0 saturated carbocycles. The third-order valence-electron chi connectivity index (χ3n) is 3.55. The molecule has 124 valence electrons. The van der Waals surface area contributed by atoms with Gasteiger partial charge >= 0.3 is 5.63 Å². The monoisotopic (exact) mass is 318 g/mol. The molecule has 0 aliphatic carbocycles. The van der Waals surface area contributed by atoms with Crippen LogP contribution in [0.15, 0.2) is 33.5 Å². The summed E-state index contributed by atoms with van der Waals surface area (Å²) in [6, 6.07) is 6.85. The van der Waals surface area contributed by atoms with E-state index in [-0.39, 0.29) is 18.9 Å². The van der Waals surface area contributed by atoms with E-state index in [1.807, 2.05) is 31.1 Å². The maximum Gasteiger partial charge on any atom is 0.336 e. The number of carbonyl (C=O) groups excluding carboxylic acids is 1. The molecule has 0 bridgehead atoms. The normalized spacial score (nSPS) is 11.5. The second-order valence-corrected chi connectivity index (χ2v) is 6.43. The fourth-order valence-corrected chi connectivity index (χ4v) is 2.28. The molecule has 1 aromatic carbocycles. The summed E-state index contributed by atoms with van der Waals surface area (Å²) in [4.78, 5) is 25.8. The number of anilines is 1. The van der Waals surface area contributed by atoms with E-state index in [1.165, 1.54) is 6.07 Å². The molecule has 1 amide bonds. The van der Waals surface area contributed by atoms with Crippen LogP contribution in [0.2, 0.25) is 0 Å². The van der Waals surface area contributed by atoms with Gasteiger partial charge in [0.2, 0.25) is 5.91 Å². The lowest BCUT2D eigenvalue weighted by Gasteiger charge is -2.23. The Morgan fingerprint density at radius 2 is 2.00 bits per heavy atom. The Morgan fingerprint density at radius 3 is 2.61 bits per heavy atom. The summed E-state index contributed by atoms with van der Waals surface area (Å²) >= 11 is 0. The van der Waals surface area contributed by atoms with Crippen LogP contribution in [0, 0.1) is 0 Å². The van der Waals surface area contributed by atoms with Crippen molar-refractivity contribution in [2.75, 3.05) is 25.6 Å². The van der Waals surface area contributed by atoms with E-state index in [0.717, 1.165) is 11.1 Å². The summed E-state index contributed by atoms with van der Waals surface area (Å²) in [5.74, 6) is -0.257. The standard InChI is InChI=1S/C17H22N2O4/c1-17(2,10-20)18-15(21)7-11-8-16(22)23-14-9-12(19(3)4)5-6-13(11)14/h5-6,8-9,20H,7,10H2,1-4H3,(H,18,21). The fourth-order valence-electron chi connectivity index (χ4n) is 2.28. The minimum absolute atomic E-state index is 0.0485. The molecule has 6 heteroatoms. The first kappa shape index (κ1) is 17.0. The topological polar surface area (TPSA) is 82.8 Å². The number of amides is 1. The Hall–Kier alpha value is -2.34. The van der Waals surface area contributed by atoms with Crippen molar-refractivity contribution in [1.82, 2.24) is 5.32 Å². The maximum absolute atomic E-state index is 12.2. The van der Waals surface area contributed by atoms with Gasteiger partial charge < -0.3 is 19.7 Å². The Kier molecular flexibility index (Phi) is 4.75. The zero-order valence-electron chi connectivity index (χ0n) is 13.8. The second-order valence-electron chi connectivity index (χ2n) is 6.43. The van der Waals surface area contributed by atoms with Crippen LogP contribution in [0.5, 0.6) is 0 Å². The molecule has 0 unspecified atom stereocenters. The molecule has 0 aliphatic heterocycles. The first-order valence-electron chi connectivity index (χ1n) is 7.38. The van der Waals surface area contributed by atoms with Crippen molar-refractivity contribution in [1.29, 1.82) is 0 Å². The molecule has 23 heavy (non-hydrogen) atoms. The van der Waals surface area contributed by atoms with Gasteiger partial charge in [-0.2, -0.15) is 0 Å². The van der Waals surface area contributed by atoms with E-state index in [1.54, 1.807) is 19.9 Å². The van der Waals surface area contributed by atoms with E-state index < -0.39 is 11.2 Å². The predicted molar refractivity (Wildman–Crippen MR) is 89.8 cm³/mol. The Bertz CT molecular complexity index is 778. The lowest BCUT2D eigenvalue weighted by Crippen LogP contribution is -2.46. The summed E-state index contributed by atoms with van der Waals surface area (Å²) in [5.41, 5.74) is 0.770. The van der Waals surface area contributed by atoms with Crippen LogP contribution in [0.4, 0.5) is 5.69 Å². The zero-order chi connectivity index (χ0) is 17.2. The number of hydrogen-bond donors (Lipinski definition) is 2. The Labute approximate surface area is 134 Å². The SMILES string of the molecule is CN(C)c1ccc2c(CC(=O)NC(C)(C)CO)cc(=O)oc2c1. The van der Waals surface area contributed by atoms with Gasteiger partial charge in [0, 0.05) is 37.3 Å². The number of fused-ring (bicyclic) bond motifs is 1. The Balaban J connectivity index is 2.37. The number of nitrogens with zero attached hydrogens (tertiary/aromatic N) is 1. The number of hydrogen-bond acceptors (Lipinski definition) is 5. The average molecular weight is 318 g/mol. The van der Waals surface area contributed by atoms with Gasteiger partial charge in [-0.25, -0.2) is 4.79 Å². The molecule has 0 fully saturated rings. The molecular formula is C17H22N2O4. The van der Waals surface area contributed by atoms with Crippen LogP contribution in [0.1, 0.15) is 19.4 Å². The van der Waals surface area contributed by atoms with Gasteiger partial charge in [0.15, 0.2) is 0 Å². The summed E-state index contributed by atoms with van der Waals surface area (Å²) in [6.07, 6.45) is 0.0485. The third kappa shape index (κ3) is 4.10. The van der Waals surface area contributed by atoms with Gasteiger partial charge in [-0.1, -0.05) is 0 Å². The summed E-state index contributed by atoms with van der Waals surface area (Å²) in [5, 5.41) is 12.7. The van der Waals surface area contributed by atoms with E-state index >= 15 is 0 Å². The molecule has 2 N–H and O–H groups in total. The molecular weight excluding hydrogens is 296 g/mol. The number of aliphatic hydroxyl groups excluding tert-OH is 1. The number of benzene rings is 1. The highest BCUT2D eigenvalue weighted by Crippen LogP contribution is 2.23. The molecule has 2 rings (SSSR count). The van der Waals surface area contributed by atoms with E-state index in [2.05, 4.69) is 5.32 Å². The highest BCUT2D eigenvalue weighted by Gasteiger charge is 2.20. The van der Waals surface area contributed by atoms with Crippen LogP contribution in [0.3, 0.4) is 0 Å². The van der Waals surface area contributed by atoms with Gasteiger partial charge in [-0.05, 0) is 31.5 Å². The lowest BCUT2D eigenvalue weighted by molar-refractivity contribution is -0.122. The van der Waals surface area contributed by atoms with Crippen molar-refractivity contribution >= 4 is 22.6 Å². The van der Waals surface area contributed by atoms with Crippen molar-refractivity contribution in [3.05, 3.63) is 40.2 Å². The van der Waals surface area contributed by atoms with Crippen LogP contribution < -0.4 is 15.8 Å². The van der Waals surface area contributed by atoms with Crippen LogP contribution in [-0.4, -0.2) is 37.3 Å². The van der Waals surface area contributed by atoms with E-state index in [0.29, 0.717) is 11.1 Å². The summed E-state index contributed by atoms with van der Waals surface area (Å²) < 4.78 is 5.24. The highest BCUT2D eigenvalue weighted by molar-refractivity contribution is 5.88. The summed E-state index contributed by atoms with van der Waals surface area (Å²) in [6.45, 7) is 3.29. The minimum atomic E-state index is -0.704. The molecule has 0 atom stereocenters. The molecule has 6 nitrogen and oxygen atoms in total. The number of rotatable bonds is 5. The van der Waals surface area contributed by atoms with Crippen molar-refractivity contribution in [3.8, 4) is 0 Å². The van der Waals surface area contributed by atoms with Crippen molar-refractivity contribution < 1.29 is 14.3 Å². The number of nitrogens with one attached hydrogen (secondary N) is 1. The van der Waals surface area contributed by atoms with Gasteiger partial charge in [0.25, 0.3) is 0 Å². The lowest BCUT2D eigenvalue weighted by atomic mass is 10.0. The molecule has 1 heterocycles. The minimum Gasteiger partial charge on any atom is -0.423 e. The van der Waals surface area contributed by atoms with Crippen LogP contribution in [0.25, 0.3) is 11.0 Å². The van der Waals surface area contributed by atoms with Crippen molar-refractivity contribution in [2.45, 2.75) is 25.8 Å². The zero-order valence-corrected chi connectivity index (χ0v) is 13.8. The predicted octanol–water partition coefficient (Wildman–Crippen LogP) is 1.29. The third-order valence-corrected chi connectivity index (χ3v) is 3.55. The van der Waals surface area contributed by atoms with Crippen LogP contribution >= 0.6 is 0 Å². The van der Waals surface area contributed by atoms with E-state index in [9.17, 15) is 14.7 Å². The molecule has 2 aromatic rings. The highest BCUT2D eigenvalue weighted by atomic mass is 16.4. The van der Waals surface area contributed by atoms with Crippen molar-refractivity contribution in [2.24, 2.45) is 0 Å². The van der Waals surface area contributed by atoms with Gasteiger partial charge in [-0.3, -0.25) is 4.79 Å². The molecule has 0 aliphatic rings. The van der Waals surface area contributed by atoms with Gasteiger partial charge in [-0.15, -0.1) is 0 Å². The number of aliphatic hydroxyl groups is 1. The van der Waals surface area contributed by atoms with Gasteiger partial charge in [0.1, 0.15) is 5.58 Å². The Morgan fingerprint density at radius 1 is 1.30 bits per heavy atom. The first-order chi connectivity index (χ1) is 10.7. The first-order valence-corrected chi connectivity index (χ1v) is 7.38. The number of carbonyl (C=O) groups is 1. The van der Waals surface area contributed by atoms with Crippen LogP contribution in [-0.2, 0) is 11.2 Å². The molecule has 0 radical (unpaired) electrons. The average Bonchev–Trinajstić information content (AvgIpc) is 2.45. The maximum atomic E-state index is 12.2. The largest absolute Gasteiger partial charge is 0.423 e. The molecule has 0 saturated heterocycles. The van der Waals surface area contributed by atoms with E-state index in [4.69, 9.17) is 4.42 Å². The smallest absolute Gasteiger partial charge is 0.336 e. The second kappa shape index (κ2) is 6.42. The fraction of sp³-hybridized carbons (Fsp3) is 0.412. The molecule has 1 aromatic heterocycles. The van der Waals surface area contributed by atoms with Gasteiger partial charge in [0.05, 0.1) is 18.6 Å². The quantitative estimate of drug-likeness (QED) is 0.812. The molecule has 0 spiro atoms. The summed E-state index contributed by atoms with van der Waals surface area (Å²) in [7, 11) is 3.79. The van der Waals surface area contributed by atoms with Crippen molar-refractivity contribution in [3.63, 3.8) is 0 Å².